The lowest BCUT2D eigenvalue weighted by Crippen LogP contribution is -2.26. The van der Waals surface area contributed by atoms with Gasteiger partial charge < -0.3 is 25.2 Å². The Hall–Kier alpha value is -3.39. The maximum absolute atomic E-state index is 12.4. The standard InChI is InChI=1S/C20H20N2O6/c23-18(24)12-28-16-4-1-3-15(11-16)22-19(25)13-6-8-14(9-7-13)21-20(26)17-5-2-10-27-17/h1,3-4,6-9,11,17H,2,5,10,12H2,(H,21,26)(H,22,25)(H,23,24). The van der Waals surface area contributed by atoms with Crippen LogP contribution in [0.25, 0.3) is 0 Å². The molecule has 3 rings (SSSR count). The smallest absolute Gasteiger partial charge is 0.341 e. The predicted molar refractivity (Wildman–Crippen MR) is 102 cm³/mol. The quantitative estimate of drug-likeness (QED) is 0.676. The van der Waals surface area contributed by atoms with Crippen molar-refractivity contribution in [1.82, 2.24) is 0 Å². The average molecular weight is 384 g/mol. The molecule has 2 amide bonds. The number of carbonyl (C=O) groups is 3. The number of carboxylic acids is 1. The SMILES string of the molecule is O=C(O)COc1cccc(NC(=O)c2ccc(NC(=O)C3CCCO3)cc2)c1. The number of hydrogen-bond acceptors (Lipinski definition) is 5. The van der Waals surface area contributed by atoms with Gasteiger partial charge in [0.1, 0.15) is 11.9 Å². The second-order valence-corrected chi connectivity index (χ2v) is 6.23. The lowest BCUT2D eigenvalue weighted by molar-refractivity contribution is -0.139. The zero-order valence-electron chi connectivity index (χ0n) is 15.0. The zero-order valence-corrected chi connectivity index (χ0v) is 15.0. The third kappa shape index (κ3) is 5.31. The normalized spacial score (nSPS) is 15.6. The Morgan fingerprint density at radius 2 is 1.86 bits per heavy atom. The molecule has 2 aromatic rings. The summed E-state index contributed by atoms with van der Waals surface area (Å²) in [5, 5.41) is 14.1. The summed E-state index contributed by atoms with van der Waals surface area (Å²) in [6.07, 6.45) is 1.17. The molecule has 1 heterocycles. The minimum atomic E-state index is -1.08. The van der Waals surface area contributed by atoms with E-state index in [2.05, 4.69) is 10.6 Å². The average Bonchev–Trinajstić information content (AvgIpc) is 3.22. The van der Waals surface area contributed by atoms with Crippen molar-refractivity contribution in [2.75, 3.05) is 23.8 Å². The van der Waals surface area contributed by atoms with Gasteiger partial charge in [-0.15, -0.1) is 0 Å². The molecule has 0 saturated carbocycles. The van der Waals surface area contributed by atoms with Crippen LogP contribution in [-0.4, -0.2) is 42.2 Å². The first-order chi connectivity index (χ1) is 13.5. The van der Waals surface area contributed by atoms with Gasteiger partial charge in [-0.25, -0.2) is 4.79 Å². The summed E-state index contributed by atoms with van der Waals surface area (Å²) in [5.74, 6) is -1.27. The number of benzene rings is 2. The topological polar surface area (TPSA) is 114 Å². The molecule has 2 aromatic carbocycles. The number of amides is 2. The van der Waals surface area contributed by atoms with Crippen LogP contribution < -0.4 is 15.4 Å². The maximum atomic E-state index is 12.4. The molecular weight excluding hydrogens is 364 g/mol. The predicted octanol–water partition coefficient (Wildman–Crippen LogP) is 2.52. The molecule has 0 aliphatic carbocycles. The van der Waals surface area contributed by atoms with Gasteiger partial charge >= 0.3 is 5.97 Å². The van der Waals surface area contributed by atoms with Gasteiger partial charge in [0.15, 0.2) is 6.61 Å². The van der Waals surface area contributed by atoms with Gasteiger partial charge in [-0.1, -0.05) is 6.07 Å². The molecule has 1 unspecified atom stereocenters. The van der Waals surface area contributed by atoms with Crippen LogP contribution in [0.5, 0.6) is 5.75 Å². The number of ether oxygens (including phenoxy) is 2. The Balaban J connectivity index is 1.58. The molecular formula is C20H20N2O6. The highest BCUT2D eigenvalue weighted by molar-refractivity contribution is 6.04. The Bertz CT molecular complexity index is 859. The fourth-order valence-electron chi connectivity index (χ4n) is 2.72. The van der Waals surface area contributed by atoms with Crippen molar-refractivity contribution in [2.24, 2.45) is 0 Å². The minimum absolute atomic E-state index is 0.187. The van der Waals surface area contributed by atoms with Crippen molar-refractivity contribution in [3.63, 3.8) is 0 Å². The van der Waals surface area contributed by atoms with E-state index in [1.54, 1.807) is 42.5 Å². The summed E-state index contributed by atoms with van der Waals surface area (Å²) in [6.45, 7) is 0.135. The van der Waals surface area contributed by atoms with Gasteiger partial charge in [-0.05, 0) is 49.2 Å². The van der Waals surface area contributed by atoms with E-state index in [1.807, 2.05) is 0 Å². The number of aliphatic carboxylic acids is 1. The molecule has 8 heteroatoms. The highest BCUT2D eigenvalue weighted by Gasteiger charge is 2.23. The first kappa shape index (κ1) is 19.4. The molecule has 0 bridgehead atoms. The molecule has 1 saturated heterocycles. The number of nitrogens with one attached hydrogen (secondary N) is 2. The van der Waals surface area contributed by atoms with Crippen LogP contribution in [0, 0.1) is 0 Å². The van der Waals surface area contributed by atoms with Gasteiger partial charge in [0.25, 0.3) is 11.8 Å². The van der Waals surface area contributed by atoms with E-state index in [0.29, 0.717) is 35.7 Å². The summed E-state index contributed by atoms with van der Waals surface area (Å²) >= 11 is 0. The van der Waals surface area contributed by atoms with Gasteiger partial charge in [0.05, 0.1) is 0 Å². The summed E-state index contributed by atoms with van der Waals surface area (Å²) < 4.78 is 10.4. The van der Waals surface area contributed by atoms with Crippen LogP contribution in [0.15, 0.2) is 48.5 Å². The van der Waals surface area contributed by atoms with Crippen LogP contribution in [0.4, 0.5) is 11.4 Å². The van der Waals surface area contributed by atoms with Gasteiger partial charge in [0, 0.05) is 29.6 Å². The van der Waals surface area contributed by atoms with Gasteiger partial charge in [-0.2, -0.15) is 0 Å². The second kappa shape index (κ2) is 9.01. The maximum Gasteiger partial charge on any atom is 0.341 e. The molecule has 1 atom stereocenters. The molecule has 1 aliphatic heterocycles. The molecule has 0 spiro atoms. The Morgan fingerprint density at radius 1 is 1.07 bits per heavy atom. The first-order valence-electron chi connectivity index (χ1n) is 8.80. The lowest BCUT2D eigenvalue weighted by atomic mass is 10.1. The molecule has 1 fully saturated rings. The Kier molecular flexibility index (Phi) is 6.23. The van der Waals surface area contributed by atoms with E-state index < -0.39 is 18.7 Å². The van der Waals surface area contributed by atoms with Gasteiger partial charge in [0.2, 0.25) is 0 Å². The number of anilines is 2. The molecule has 28 heavy (non-hydrogen) atoms. The van der Waals surface area contributed by atoms with E-state index in [1.165, 1.54) is 6.07 Å². The van der Waals surface area contributed by atoms with Crippen LogP contribution >= 0.6 is 0 Å². The number of rotatable bonds is 7. The third-order valence-electron chi connectivity index (χ3n) is 4.09. The lowest BCUT2D eigenvalue weighted by Gasteiger charge is -2.11. The summed E-state index contributed by atoms with van der Waals surface area (Å²) in [6, 6.07) is 13.0. The van der Waals surface area contributed by atoms with E-state index in [4.69, 9.17) is 14.6 Å². The highest BCUT2D eigenvalue weighted by Crippen LogP contribution is 2.19. The number of hydrogen-bond donors (Lipinski definition) is 3. The first-order valence-corrected chi connectivity index (χ1v) is 8.80. The summed E-state index contributed by atoms with van der Waals surface area (Å²) in [5.41, 5.74) is 1.47. The molecule has 1 aliphatic rings. The van der Waals surface area contributed by atoms with Crippen molar-refractivity contribution in [3.8, 4) is 5.75 Å². The fourth-order valence-corrected chi connectivity index (χ4v) is 2.72. The molecule has 8 nitrogen and oxygen atoms in total. The molecule has 0 radical (unpaired) electrons. The minimum Gasteiger partial charge on any atom is -0.482 e. The molecule has 146 valence electrons. The van der Waals surface area contributed by atoms with Crippen LogP contribution in [-0.2, 0) is 14.3 Å². The van der Waals surface area contributed by atoms with Crippen molar-refractivity contribution in [3.05, 3.63) is 54.1 Å². The van der Waals surface area contributed by atoms with E-state index in [-0.39, 0.29) is 11.8 Å². The van der Waals surface area contributed by atoms with Crippen LogP contribution in [0.2, 0.25) is 0 Å². The number of carbonyl (C=O) groups excluding carboxylic acids is 2. The molecule has 3 N–H and O–H groups in total. The van der Waals surface area contributed by atoms with E-state index in [9.17, 15) is 14.4 Å². The Labute approximate surface area is 161 Å². The van der Waals surface area contributed by atoms with Crippen LogP contribution in [0.1, 0.15) is 23.2 Å². The second-order valence-electron chi connectivity index (χ2n) is 6.23. The number of carboxylic acid groups (broad SMARTS) is 1. The van der Waals surface area contributed by atoms with Crippen molar-refractivity contribution < 1.29 is 29.0 Å². The summed E-state index contributed by atoms with van der Waals surface area (Å²) in [4.78, 5) is 35.0. The third-order valence-corrected chi connectivity index (χ3v) is 4.09. The summed E-state index contributed by atoms with van der Waals surface area (Å²) in [7, 11) is 0. The fraction of sp³-hybridized carbons (Fsp3) is 0.250. The zero-order chi connectivity index (χ0) is 19.9. The van der Waals surface area contributed by atoms with Crippen molar-refractivity contribution in [2.45, 2.75) is 18.9 Å². The van der Waals surface area contributed by atoms with Crippen molar-refractivity contribution >= 4 is 29.2 Å². The van der Waals surface area contributed by atoms with Crippen LogP contribution in [0.3, 0.4) is 0 Å². The Morgan fingerprint density at radius 3 is 2.54 bits per heavy atom. The van der Waals surface area contributed by atoms with E-state index >= 15 is 0 Å². The van der Waals surface area contributed by atoms with Gasteiger partial charge in [-0.3, -0.25) is 9.59 Å². The van der Waals surface area contributed by atoms with Crippen molar-refractivity contribution in [1.29, 1.82) is 0 Å². The van der Waals surface area contributed by atoms with E-state index in [0.717, 1.165) is 6.42 Å². The highest BCUT2D eigenvalue weighted by atomic mass is 16.5. The molecule has 0 aromatic heterocycles. The largest absolute Gasteiger partial charge is 0.482 e. The monoisotopic (exact) mass is 384 g/mol.